The maximum Gasteiger partial charge on any atom is 0.434 e. The fourth-order valence-corrected chi connectivity index (χ4v) is 5.29. The summed E-state index contributed by atoms with van der Waals surface area (Å²) in [6.45, 7) is 2.65. The van der Waals surface area contributed by atoms with Crippen LogP contribution in [-0.2, 0) is 19.0 Å². The van der Waals surface area contributed by atoms with Gasteiger partial charge in [-0.3, -0.25) is 4.90 Å². The highest BCUT2D eigenvalue weighted by Crippen LogP contribution is 2.42. The molecule has 2 heterocycles. The fourth-order valence-electron chi connectivity index (χ4n) is 4.90. The molecule has 2 aliphatic rings. The van der Waals surface area contributed by atoms with E-state index in [2.05, 4.69) is 27.3 Å². The van der Waals surface area contributed by atoms with E-state index in [-0.39, 0.29) is 5.02 Å². The number of hydrogen-bond donors (Lipinski definition) is 1. The van der Waals surface area contributed by atoms with Crippen molar-refractivity contribution in [1.29, 1.82) is 0 Å². The Bertz CT molecular complexity index is 1020. The van der Waals surface area contributed by atoms with Crippen molar-refractivity contribution in [1.82, 2.24) is 15.2 Å². The molecule has 0 amide bonds. The van der Waals surface area contributed by atoms with Crippen molar-refractivity contribution >= 4 is 28.8 Å². The number of aromatic nitrogens is 1. The number of rotatable bonds is 7. The molecule has 32 heavy (non-hydrogen) atoms. The van der Waals surface area contributed by atoms with E-state index in [1.165, 1.54) is 28.3 Å². The van der Waals surface area contributed by atoms with E-state index < -0.39 is 11.9 Å². The summed E-state index contributed by atoms with van der Waals surface area (Å²) in [6, 6.07) is 9.36. The molecule has 3 nitrogen and oxygen atoms in total. The maximum atomic E-state index is 13.1. The Hall–Kier alpha value is -1.60. The Morgan fingerprint density at radius 3 is 2.75 bits per heavy atom. The molecule has 2 aromatic rings. The molecule has 1 aromatic carbocycles. The lowest BCUT2D eigenvalue weighted by molar-refractivity contribution is -0.141. The van der Waals surface area contributed by atoms with Gasteiger partial charge in [0.15, 0.2) is 5.69 Å². The van der Waals surface area contributed by atoms with E-state index >= 15 is 0 Å². The van der Waals surface area contributed by atoms with Crippen LogP contribution in [0, 0.1) is 0 Å². The van der Waals surface area contributed by atoms with Crippen molar-refractivity contribution in [2.24, 2.45) is 0 Å². The Balaban J connectivity index is 1.46. The van der Waals surface area contributed by atoms with Crippen molar-refractivity contribution in [3.8, 4) is 0 Å². The number of aryl methyl sites for hydroxylation is 1. The molecule has 0 radical (unpaired) electrons. The topological polar surface area (TPSA) is 28.2 Å². The van der Waals surface area contributed by atoms with Crippen molar-refractivity contribution in [3.05, 3.63) is 68.5 Å². The van der Waals surface area contributed by atoms with Crippen LogP contribution in [0.15, 0.2) is 35.9 Å². The number of halogens is 5. The summed E-state index contributed by atoms with van der Waals surface area (Å²) in [5.74, 6) is 0. The van der Waals surface area contributed by atoms with Crippen LogP contribution in [-0.4, -0.2) is 42.6 Å². The predicted octanol–water partition coefficient (Wildman–Crippen LogP) is 6.03. The van der Waals surface area contributed by atoms with Gasteiger partial charge in [-0.05, 0) is 98.8 Å². The van der Waals surface area contributed by atoms with Crippen LogP contribution in [0.4, 0.5) is 13.2 Å². The molecule has 0 spiro atoms. The minimum atomic E-state index is -4.54. The third kappa shape index (κ3) is 4.98. The van der Waals surface area contributed by atoms with Gasteiger partial charge in [-0.25, -0.2) is 4.98 Å². The lowest BCUT2D eigenvalue weighted by Crippen LogP contribution is -2.42. The van der Waals surface area contributed by atoms with Gasteiger partial charge in [0.1, 0.15) is 0 Å². The first kappa shape index (κ1) is 23.6. The molecule has 172 valence electrons. The van der Waals surface area contributed by atoms with Crippen molar-refractivity contribution in [3.63, 3.8) is 0 Å². The van der Waals surface area contributed by atoms with Gasteiger partial charge >= 0.3 is 6.18 Å². The van der Waals surface area contributed by atoms with Gasteiger partial charge in [-0.1, -0.05) is 29.3 Å². The first-order valence-corrected chi connectivity index (χ1v) is 11.7. The summed E-state index contributed by atoms with van der Waals surface area (Å²) in [5.41, 5.74) is 4.93. The molecule has 0 saturated carbocycles. The Kier molecular flexibility index (Phi) is 7.15. The molecule has 4 rings (SSSR count). The SMILES string of the molecule is CNCCC1C2=C(CCN1CCCc1ccc(Cl)c(C(F)(F)F)n1)c1cc(Cl)ccc1C2. The second-order valence-corrected chi connectivity index (χ2v) is 9.25. The van der Waals surface area contributed by atoms with Crippen molar-refractivity contribution < 1.29 is 13.2 Å². The third-order valence-electron chi connectivity index (χ3n) is 6.38. The van der Waals surface area contributed by atoms with E-state index in [0.717, 1.165) is 50.3 Å². The molecule has 1 aromatic heterocycles. The zero-order valence-electron chi connectivity index (χ0n) is 17.9. The highest BCUT2D eigenvalue weighted by Gasteiger charge is 2.36. The van der Waals surface area contributed by atoms with Gasteiger partial charge in [0.25, 0.3) is 0 Å². The number of alkyl halides is 3. The number of nitrogens with one attached hydrogen (secondary N) is 1. The molecule has 0 fully saturated rings. The summed E-state index contributed by atoms with van der Waals surface area (Å²) in [4.78, 5) is 6.25. The monoisotopic (exact) mass is 483 g/mol. The normalized spacial score (nSPS) is 18.8. The van der Waals surface area contributed by atoms with Crippen molar-refractivity contribution in [2.45, 2.75) is 44.3 Å². The van der Waals surface area contributed by atoms with Crippen LogP contribution in [0.3, 0.4) is 0 Å². The summed E-state index contributed by atoms with van der Waals surface area (Å²) in [5, 5.41) is 3.66. The molecule has 1 aliphatic heterocycles. The Morgan fingerprint density at radius 1 is 1.19 bits per heavy atom. The number of fused-ring (bicyclic) bond motifs is 2. The highest BCUT2D eigenvalue weighted by atomic mass is 35.5. The molecule has 1 aliphatic carbocycles. The lowest BCUT2D eigenvalue weighted by Gasteiger charge is -2.37. The van der Waals surface area contributed by atoms with Gasteiger partial charge in [-0.15, -0.1) is 0 Å². The summed E-state index contributed by atoms with van der Waals surface area (Å²) < 4.78 is 39.3. The van der Waals surface area contributed by atoms with E-state index in [0.29, 0.717) is 18.2 Å². The van der Waals surface area contributed by atoms with Gasteiger partial charge in [0, 0.05) is 23.3 Å². The Labute approximate surface area is 196 Å². The molecule has 1 atom stereocenters. The quantitative estimate of drug-likeness (QED) is 0.520. The average Bonchev–Trinajstić information content (AvgIpc) is 3.11. The van der Waals surface area contributed by atoms with Gasteiger partial charge in [-0.2, -0.15) is 13.2 Å². The van der Waals surface area contributed by atoms with Crippen LogP contribution < -0.4 is 5.32 Å². The highest BCUT2D eigenvalue weighted by molar-refractivity contribution is 6.31. The van der Waals surface area contributed by atoms with Crippen molar-refractivity contribution in [2.75, 3.05) is 26.7 Å². The van der Waals surface area contributed by atoms with Gasteiger partial charge in [0.05, 0.1) is 5.02 Å². The van der Waals surface area contributed by atoms with E-state index in [9.17, 15) is 13.2 Å². The summed E-state index contributed by atoms with van der Waals surface area (Å²) in [7, 11) is 1.95. The van der Waals surface area contributed by atoms with Gasteiger partial charge in [0.2, 0.25) is 0 Å². The zero-order chi connectivity index (χ0) is 22.9. The fraction of sp³-hybridized carbons (Fsp3) is 0.458. The molecular formula is C24H26Cl2F3N3. The van der Waals surface area contributed by atoms with Gasteiger partial charge < -0.3 is 5.32 Å². The molecule has 1 N–H and O–H groups in total. The minimum absolute atomic E-state index is 0.321. The van der Waals surface area contributed by atoms with Crippen LogP contribution in [0.2, 0.25) is 10.0 Å². The number of hydrogen-bond acceptors (Lipinski definition) is 3. The van der Waals surface area contributed by atoms with Crippen LogP contribution in [0.5, 0.6) is 0 Å². The number of benzene rings is 1. The molecule has 0 bridgehead atoms. The molecular weight excluding hydrogens is 458 g/mol. The second-order valence-electron chi connectivity index (χ2n) is 8.41. The largest absolute Gasteiger partial charge is 0.434 e. The van der Waals surface area contributed by atoms with Crippen LogP contribution >= 0.6 is 23.2 Å². The number of nitrogens with zero attached hydrogens (tertiary/aromatic N) is 2. The molecule has 0 saturated heterocycles. The zero-order valence-corrected chi connectivity index (χ0v) is 19.4. The van der Waals surface area contributed by atoms with Crippen LogP contribution in [0.25, 0.3) is 5.57 Å². The summed E-state index contributed by atoms with van der Waals surface area (Å²) in [6.07, 6.45) is -0.410. The standard InChI is InChI=1S/C24H26Cl2F3N3/c1-30-10-8-22-20-13-15-4-5-16(25)14-19(15)18(20)9-12-32(22)11-2-3-17-6-7-21(26)23(31-17)24(27,28)29/h4-7,14,22,30H,2-3,8-13H2,1H3. The first-order chi connectivity index (χ1) is 15.3. The molecule has 1 unspecified atom stereocenters. The second kappa shape index (κ2) is 9.72. The smallest absolute Gasteiger partial charge is 0.320 e. The average molecular weight is 484 g/mol. The number of pyridine rings is 1. The van der Waals surface area contributed by atoms with E-state index in [1.54, 1.807) is 6.07 Å². The Morgan fingerprint density at radius 2 is 2.00 bits per heavy atom. The molecule has 8 heteroatoms. The minimum Gasteiger partial charge on any atom is -0.320 e. The summed E-state index contributed by atoms with van der Waals surface area (Å²) >= 11 is 11.9. The van der Waals surface area contributed by atoms with E-state index in [4.69, 9.17) is 23.2 Å². The predicted molar refractivity (Wildman–Crippen MR) is 123 cm³/mol. The first-order valence-electron chi connectivity index (χ1n) is 10.9. The van der Waals surface area contributed by atoms with Crippen LogP contribution in [0.1, 0.15) is 41.8 Å². The van der Waals surface area contributed by atoms with E-state index in [1.807, 2.05) is 13.1 Å². The third-order valence-corrected chi connectivity index (χ3v) is 6.92. The maximum absolute atomic E-state index is 13.1. The lowest BCUT2D eigenvalue weighted by atomic mass is 9.90.